The van der Waals surface area contributed by atoms with Crippen molar-refractivity contribution in [2.24, 2.45) is 4.99 Å². The lowest BCUT2D eigenvalue weighted by Crippen LogP contribution is -2.11. The molecule has 0 spiro atoms. The molecule has 124 valence electrons. The van der Waals surface area contributed by atoms with Crippen molar-refractivity contribution >= 4 is 29.1 Å². The quantitative estimate of drug-likeness (QED) is 0.878. The summed E-state index contributed by atoms with van der Waals surface area (Å²) in [5.41, 5.74) is 2.58. The summed E-state index contributed by atoms with van der Waals surface area (Å²) in [6.45, 7) is 2.57. The highest BCUT2D eigenvalue weighted by Crippen LogP contribution is 2.16. The minimum Gasteiger partial charge on any atom is -0.479 e. The van der Waals surface area contributed by atoms with Crippen molar-refractivity contribution in [1.82, 2.24) is 0 Å². The van der Waals surface area contributed by atoms with E-state index < -0.39 is 0 Å². The number of aliphatic imine (C=N–C) groups is 1. The molecular weight excluding hydrogens is 324 g/mol. The van der Waals surface area contributed by atoms with Crippen LogP contribution >= 0.6 is 11.6 Å². The first-order chi connectivity index (χ1) is 11.6. The number of rotatable bonds is 5. The van der Waals surface area contributed by atoms with Crippen molar-refractivity contribution in [3.63, 3.8) is 0 Å². The molecule has 3 rings (SSSR count). The van der Waals surface area contributed by atoms with E-state index in [0.29, 0.717) is 17.2 Å². The third-order valence-electron chi connectivity index (χ3n) is 3.93. The summed E-state index contributed by atoms with van der Waals surface area (Å²) < 4.78 is 5.36. The van der Waals surface area contributed by atoms with Gasteiger partial charge in [-0.2, -0.15) is 0 Å². The molecule has 1 aliphatic heterocycles. The van der Waals surface area contributed by atoms with E-state index in [0.717, 1.165) is 24.4 Å². The van der Waals surface area contributed by atoms with Gasteiger partial charge in [-0.25, -0.2) is 4.99 Å². The van der Waals surface area contributed by atoms with Crippen molar-refractivity contribution in [2.75, 3.05) is 11.9 Å². The summed E-state index contributed by atoms with van der Waals surface area (Å²) in [4.78, 5) is 16.6. The lowest BCUT2D eigenvalue weighted by molar-refractivity contribution is 0.102. The highest BCUT2D eigenvalue weighted by molar-refractivity contribution is 6.30. The molecule has 0 aliphatic carbocycles. The Kier molecular flexibility index (Phi) is 5.16. The van der Waals surface area contributed by atoms with Gasteiger partial charge in [0.25, 0.3) is 5.91 Å². The van der Waals surface area contributed by atoms with Crippen LogP contribution in [0.4, 0.5) is 5.69 Å². The van der Waals surface area contributed by atoms with Gasteiger partial charge in [-0.1, -0.05) is 23.7 Å². The number of hydrogen-bond acceptors (Lipinski definition) is 3. The van der Waals surface area contributed by atoms with Crippen LogP contribution in [0.3, 0.4) is 0 Å². The number of benzene rings is 2. The predicted molar refractivity (Wildman–Crippen MR) is 97.0 cm³/mol. The number of nitrogens with zero attached hydrogens (tertiary/aromatic N) is 1. The van der Waals surface area contributed by atoms with Crippen LogP contribution in [0, 0.1) is 0 Å². The number of hydrogen-bond donors (Lipinski definition) is 1. The van der Waals surface area contributed by atoms with E-state index in [-0.39, 0.29) is 11.9 Å². The highest BCUT2D eigenvalue weighted by atomic mass is 35.5. The number of nitrogens with one attached hydrogen (secondary N) is 1. The fourth-order valence-corrected chi connectivity index (χ4v) is 2.71. The zero-order valence-electron chi connectivity index (χ0n) is 13.5. The van der Waals surface area contributed by atoms with Crippen LogP contribution < -0.4 is 5.32 Å². The van der Waals surface area contributed by atoms with E-state index in [1.165, 1.54) is 5.56 Å². The Labute approximate surface area is 146 Å². The van der Waals surface area contributed by atoms with Gasteiger partial charge in [0.2, 0.25) is 0 Å². The minimum atomic E-state index is -0.146. The van der Waals surface area contributed by atoms with E-state index in [4.69, 9.17) is 16.3 Å². The molecule has 0 fully saturated rings. The molecule has 1 heterocycles. The number of anilines is 1. The molecule has 2 aromatic rings. The molecule has 0 radical (unpaired) electrons. The van der Waals surface area contributed by atoms with E-state index >= 15 is 0 Å². The number of carbonyl (C=O) groups excluding carboxylic acids is 1. The third kappa shape index (κ3) is 4.36. The molecule has 0 saturated carbocycles. The maximum Gasteiger partial charge on any atom is 0.255 e. The SMILES string of the molecule is CC1=N[C@@H](CCc2ccc(NC(=O)c3ccc(Cl)cc3)cc2)CO1. The number of ether oxygens (including phenoxy) is 1. The lowest BCUT2D eigenvalue weighted by atomic mass is 10.1. The van der Waals surface area contributed by atoms with E-state index in [1.54, 1.807) is 24.3 Å². The number of aryl methyl sites for hydroxylation is 1. The van der Waals surface area contributed by atoms with Gasteiger partial charge in [0, 0.05) is 23.2 Å². The molecule has 1 atom stereocenters. The fraction of sp³-hybridized carbons (Fsp3) is 0.263. The molecule has 24 heavy (non-hydrogen) atoms. The van der Waals surface area contributed by atoms with Crippen molar-refractivity contribution < 1.29 is 9.53 Å². The summed E-state index contributed by atoms with van der Waals surface area (Å²) in [5.74, 6) is 0.632. The molecule has 1 amide bonds. The van der Waals surface area contributed by atoms with Crippen molar-refractivity contribution in [3.8, 4) is 0 Å². The van der Waals surface area contributed by atoms with Crippen LogP contribution in [0.2, 0.25) is 5.02 Å². The Morgan fingerprint density at radius 3 is 2.54 bits per heavy atom. The summed E-state index contributed by atoms with van der Waals surface area (Å²) in [6.07, 6.45) is 1.91. The van der Waals surface area contributed by atoms with Gasteiger partial charge in [0.1, 0.15) is 6.61 Å². The molecule has 0 bridgehead atoms. The second-order valence-corrected chi connectivity index (χ2v) is 6.25. The zero-order valence-corrected chi connectivity index (χ0v) is 14.2. The number of carbonyl (C=O) groups is 1. The number of halogens is 1. The second-order valence-electron chi connectivity index (χ2n) is 5.81. The Morgan fingerprint density at radius 1 is 1.21 bits per heavy atom. The molecule has 0 saturated heterocycles. The monoisotopic (exact) mass is 342 g/mol. The minimum absolute atomic E-state index is 0.146. The Morgan fingerprint density at radius 2 is 1.92 bits per heavy atom. The van der Waals surface area contributed by atoms with Gasteiger partial charge in [0.15, 0.2) is 5.90 Å². The average Bonchev–Trinajstić information content (AvgIpc) is 3.00. The van der Waals surface area contributed by atoms with Crippen LogP contribution in [0.25, 0.3) is 0 Å². The molecule has 1 N–H and O–H groups in total. The summed E-state index contributed by atoms with van der Waals surface area (Å²) in [7, 11) is 0. The third-order valence-corrected chi connectivity index (χ3v) is 4.19. The number of amides is 1. The highest BCUT2D eigenvalue weighted by Gasteiger charge is 2.15. The largest absolute Gasteiger partial charge is 0.479 e. The Balaban J connectivity index is 1.54. The van der Waals surface area contributed by atoms with Gasteiger partial charge >= 0.3 is 0 Å². The van der Waals surface area contributed by atoms with E-state index in [1.807, 2.05) is 31.2 Å². The van der Waals surface area contributed by atoms with E-state index in [9.17, 15) is 4.79 Å². The molecule has 5 heteroatoms. The van der Waals surface area contributed by atoms with Crippen LogP contribution in [0.5, 0.6) is 0 Å². The maximum atomic E-state index is 12.2. The van der Waals surface area contributed by atoms with Crippen LogP contribution in [0.1, 0.15) is 29.3 Å². The summed E-state index contributed by atoms with van der Waals surface area (Å²) in [5, 5.41) is 3.50. The molecule has 2 aromatic carbocycles. The molecule has 1 aliphatic rings. The van der Waals surface area contributed by atoms with Gasteiger partial charge in [-0.05, 0) is 54.8 Å². The summed E-state index contributed by atoms with van der Waals surface area (Å²) in [6, 6.07) is 15.0. The first-order valence-corrected chi connectivity index (χ1v) is 8.31. The summed E-state index contributed by atoms with van der Waals surface area (Å²) >= 11 is 5.83. The van der Waals surface area contributed by atoms with Gasteiger partial charge in [0.05, 0.1) is 6.04 Å². The topological polar surface area (TPSA) is 50.7 Å². The smallest absolute Gasteiger partial charge is 0.255 e. The molecule has 0 unspecified atom stereocenters. The van der Waals surface area contributed by atoms with Crippen molar-refractivity contribution in [1.29, 1.82) is 0 Å². The molecular formula is C19H19ClN2O2. The molecule has 0 aromatic heterocycles. The maximum absolute atomic E-state index is 12.2. The lowest BCUT2D eigenvalue weighted by Gasteiger charge is -2.08. The second kappa shape index (κ2) is 7.49. The first-order valence-electron chi connectivity index (χ1n) is 7.93. The van der Waals surface area contributed by atoms with Crippen LogP contribution in [0.15, 0.2) is 53.5 Å². The van der Waals surface area contributed by atoms with Crippen LogP contribution in [-0.2, 0) is 11.2 Å². The Hall–Kier alpha value is -2.33. The Bertz CT molecular complexity index is 739. The van der Waals surface area contributed by atoms with Crippen LogP contribution in [-0.4, -0.2) is 24.5 Å². The zero-order chi connectivity index (χ0) is 16.9. The van der Waals surface area contributed by atoms with Crippen molar-refractivity contribution in [3.05, 3.63) is 64.7 Å². The standard InChI is InChI=1S/C19H19ClN2O2/c1-13-21-18(12-24-13)11-4-14-2-9-17(10-3-14)22-19(23)15-5-7-16(20)8-6-15/h2-3,5-10,18H,4,11-12H2,1H3,(H,22,23)/t18-/m0/s1. The first kappa shape index (κ1) is 16.5. The fourth-order valence-electron chi connectivity index (χ4n) is 2.59. The van der Waals surface area contributed by atoms with Crippen molar-refractivity contribution in [2.45, 2.75) is 25.8 Å². The van der Waals surface area contributed by atoms with E-state index in [2.05, 4.69) is 10.3 Å². The van der Waals surface area contributed by atoms with Gasteiger partial charge in [-0.15, -0.1) is 0 Å². The average molecular weight is 343 g/mol. The van der Waals surface area contributed by atoms with Gasteiger partial charge in [-0.3, -0.25) is 4.79 Å². The predicted octanol–water partition coefficient (Wildman–Crippen LogP) is 4.34. The van der Waals surface area contributed by atoms with Gasteiger partial charge < -0.3 is 10.1 Å². The normalized spacial score (nSPS) is 16.4. The molecule has 4 nitrogen and oxygen atoms in total.